The molecule has 0 aliphatic carbocycles. The summed E-state index contributed by atoms with van der Waals surface area (Å²) >= 11 is 0. The Morgan fingerprint density at radius 1 is 1.14 bits per heavy atom. The zero-order chi connectivity index (χ0) is 15.3. The molecule has 0 aromatic carbocycles. The molecule has 0 aromatic rings. The highest BCUT2D eigenvalue weighted by atomic mass is 16.3. The third kappa shape index (κ3) is 8.37. The number of hydrogen-bond donors (Lipinski definition) is 1. The third-order valence-electron chi connectivity index (χ3n) is 4.16. The Labute approximate surface area is 131 Å². The largest absolute Gasteiger partial charge is 0.379 e. The van der Waals surface area contributed by atoms with Crippen LogP contribution in [0.5, 0.6) is 0 Å². The SMILES string of the molecule is CCCCCC/C=C/CCCCCC1N=CCN1C(C)O. The minimum atomic E-state index is -0.381. The normalized spacial score (nSPS) is 20.6. The van der Waals surface area contributed by atoms with Gasteiger partial charge in [-0.05, 0) is 45.4 Å². The predicted molar refractivity (Wildman–Crippen MR) is 91.7 cm³/mol. The van der Waals surface area contributed by atoms with Gasteiger partial charge in [-0.2, -0.15) is 0 Å². The van der Waals surface area contributed by atoms with Crippen LogP contribution in [0.3, 0.4) is 0 Å². The molecule has 0 saturated carbocycles. The Hall–Kier alpha value is -0.670. The molecule has 1 aliphatic rings. The summed E-state index contributed by atoms with van der Waals surface area (Å²) in [6.07, 6.45) is 19.2. The summed E-state index contributed by atoms with van der Waals surface area (Å²) in [7, 11) is 0. The van der Waals surface area contributed by atoms with E-state index in [0.717, 1.165) is 13.0 Å². The lowest BCUT2D eigenvalue weighted by Gasteiger charge is -2.25. The van der Waals surface area contributed by atoms with Crippen LogP contribution >= 0.6 is 0 Å². The fourth-order valence-electron chi connectivity index (χ4n) is 2.80. The van der Waals surface area contributed by atoms with E-state index in [9.17, 15) is 5.11 Å². The molecule has 1 aliphatic heterocycles. The van der Waals surface area contributed by atoms with Gasteiger partial charge in [0.15, 0.2) is 0 Å². The van der Waals surface area contributed by atoms with Gasteiger partial charge in [-0.3, -0.25) is 9.89 Å². The van der Waals surface area contributed by atoms with E-state index < -0.39 is 0 Å². The molecule has 122 valence electrons. The van der Waals surface area contributed by atoms with E-state index in [1.165, 1.54) is 57.8 Å². The molecular formula is C18H34N2O. The zero-order valence-electron chi connectivity index (χ0n) is 14.0. The predicted octanol–water partition coefficient (Wildman–Crippen LogP) is 4.51. The van der Waals surface area contributed by atoms with Crippen molar-refractivity contribution in [3.05, 3.63) is 12.2 Å². The van der Waals surface area contributed by atoms with E-state index in [2.05, 4.69) is 29.0 Å². The van der Waals surface area contributed by atoms with Crippen LogP contribution in [0, 0.1) is 0 Å². The van der Waals surface area contributed by atoms with Crippen LogP contribution in [-0.4, -0.2) is 35.2 Å². The molecule has 3 heteroatoms. The lowest BCUT2D eigenvalue weighted by atomic mass is 10.1. The van der Waals surface area contributed by atoms with Crippen molar-refractivity contribution >= 4 is 6.21 Å². The van der Waals surface area contributed by atoms with E-state index in [0.29, 0.717) is 0 Å². The highest BCUT2D eigenvalue weighted by Crippen LogP contribution is 2.17. The third-order valence-corrected chi connectivity index (χ3v) is 4.16. The second-order valence-corrected chi connectivity index (χ2v) is 6.10. The summed E-state index contributed by atoms with van der Waals surface area (Å²) in [5, 5.41) is 9.64. The van der Waals surface area contributed by atoms with E-state index in [-0.39, 0.29) is 12.4 Å². The van der Waals surface area contributed by atoms with Crippen LogP contribution in [0.15, 0.2) is 17.1 Å². The Bertz CT molecular complexity index is 300. The summed E-state index contributed by atoms with van der Waals surface area (Å²) in [4.78, 5) is 6.50. The number of allylic oxidation sites excluding steroid dienone is 2. The molecule has 2 atom stereocenters. The molecule has 21 heavy (non-hydrogen) atoms. The van der Waals surface area contributed by atoms with Gasteiger partial charge in [0.25, 0.3) is 0 Å². The maximum atomic E-state index is 9.64. The second kappa shape index (κ2) is 11.9. The first kappa shape index (κ1) is 18.4. The molecule has 0 aromatic heterocycles. The zero-order valence-corrected chi connectivity index (χ0v) is 14.0. The molecule has 0 spiro atoms. The van der Waals surface area contributed by atoms with Gasteiger partial charge in [-0.15, -0.1) is 0 Å². The van der Waals surface area contributed by atoms with Crippen molar-refractivity contribution in [2.45, 2.75) is 90.4 Å². The number of unbranched alkanes of at least 4 members (excludes halogenated alkanes) is 7. The van der Waals surface area contributed by atoms with Crippen molar-refractivity contribution in [1.82, 2.24) is 4.90 Å². The Morgan fingerprint density at radius 2 is 1.81 bits per heavy atom. The molecular weight excluding hydrogens is 260 g/mol. The molecule has 3 nitrogen and oxygen atoms in total. The second-order valence-electron chi connectivity index (χ2n) is 6.10. The van der Waals surface area contributed by atoms with Gasteiger partial charge in [-0.1, -0.05) is 44.8 Å². The maximum absolute atomic E-state index is 9.64. The maximum Gasteiger partial charge on any atom is 0.106 e. The van der Waals surface area contributed by atoms with E-state index >= 15 is 0 Å². The molecule has 0 amide bonds. The van der Waals surface area contributed by atoms with Crippen LogP contribution in [0.4, 0.5) is 0 Å². The van der Waals surface area contributed by atoms with Gasteiger partial charge in [0.05, 0.1) is 0 Å². The summed E-state index contributed by atoms with van der Waals surface area (Å²) in [5.74, 6) is 0. The highest BCUT2D eigenvalue weighted by Gasteiger charge is 2.23. The molecule has 0 bridgehead atoms. The summed E-state index contributed by atoms with van der Waals surface area (Å²) < 4.78 is 0. The molecule has 1 N–H and O–H groups in total. The van der Waals surface area contributed by atoms with Gasteiger partial charge in [0.1, 0.15) is 12.4 Å². The first-order valence-electron chi connectivity index (χ1n) is 8.86. The van der Waals surface area contributed by atoms with Gasteiger partial charge in [0.2, 0.25) is 0 Å². The molecule has 0 fully saturated rings. The molecule has 2 unspecified atom stereocenters. The van der Waals surface area contributed by atoms with Gasteiger partial charge in [-0.25, -0.2) is 0 Å². The topological polar surface area (TPSA) is 35.8 Å². The van der Waals surface area contributed by atoms with Crippen molar-refractivity contribution in [2.75, 3.05) is 6.54 Å². The van der Waals surface area contributed by atoms with Crippen LogP contribution < -0.4 is 0 Å². The monoisotopic (exact) mass is 294 g/mol. The van der Waals surface area contributed by atoms with Crippen LogP contribution in [0.1, 0.15) is 78.1 Å². The van der Waals surface area contributed by atoms with Gasteiger partial charge >= 0.3 is 0 Å². The summed E-state index contributed by atoms with van der Waals surface area (Å²) in [5.41, 5.74) is 0. The highest BCUT2D eigenvalue weighted by molar-refractivity contribution is 5.62. The number of aliphatic hydroxyl groups is 1. The lowest BCUT2D eigenvalue weighted by molar-refractivity contribution is 0.00711. The summed E-state index contributed by atoms with van der Waals surface area (Å²) in [6.45, 7) is 4.88. The van der Waals surface area contributed by atoms with Crippen molar-refractivity contribution in [1.29, 1.82) is 0 Å². The minimum absolute atomic E-state index is 0.208. The number of rotatable bonds is 12. The fourth-order valence-corrected chi connectivity index (χ4v) is 2.80. The molecule has 1 heterocycles. The van der Waals surface area contributed by atoms with E-state index in [4.69, 9.17) is 0 Å². The molecule has 1 rings (SSSR count). The van der Waals surface area contributed by atoms with Gasteiger partial charge in [0, 0.05) is 12.8 Å². The van der Waals surface area contributed by atoms with Crippen LogP contribution in [0.25, 0.3) is 0 Å². The number of aliphatic hydroxyl groups excluding tert-OH is 1. The molecule has 0 radical (unpaired) electrons. The quantitative estimate of drug-likeness (QED) is 0.424. The van der Waals surface area contributed by atoms with Crippen molar-refractivity contribution in [3.63, 3.8) is 0 Å². The number of hydrogen-bond acceptors (Lipinski definition) is 3. The van der Waals surface area contributed by atoms with Crippen molar-refractivity contribution < 1.29 is 5.11 Å². The summed E-state index contributed by atoms with van der Waals surface area (Å²) in [6, 6.07) is 0. The Kier molecular flexibility index (Phi) is 10.4. The first-order valence-corrected chi connectivity index (χ1v) is 8.86. The molecule has 0 saturated heterocycles. The lowest BCUT2D eigenvalue weighted by Crippen LogP contribution is -2.37. The smallest absolute Gasteiger partial charge is 0.106 e. The minimum Gasteiger partial charge on any atom is -0.379 e. The van der Waals surface area contributed by atoms with Crippen molar-refractivity contribution in [2.24, 2.45) is 4.99 Å². The van der Waals surface area contributed by atoms with Crippen LogP contribution in [-0.2, 0) is 0 Å². The Morgan fingerprint density at radius 3 is 2.43 bits per heavy atom. The van der Waals surface area contributed by atoms with E-state index in [1.54, 1.807) is 0 Å². The first-order chi connectivity index (χ1) is 10.3. The average Bonchev–Trinajstić information content (AvgIpc) is 2.93. The standard InChI is InChI=1S/C18H34N2O/c1-3-4-5-6-7-8-9-10-11-12-13-14-18-19-15-16-20(18)17(2)21/h8-9,15,17-18,21H,3-7,10-14,16H2,1-2H3/b9-8+. The van der Waals surface area contributed by atoms with Crippen LogP contribution in [0.2, 0.25) is 0 Å². The Balaban J connectivity index is 1.93. The number of aliphatic imine (C=N–C) groups is 1. The number of nitrogens with zero attached hydrogens (tertiary/aromatic N) is 2. The van der Waals surface area contributed by atoms with E-state index in [1.807, 2.05) is 13.1 Å². The van der Waals surface area contributed by atoms with Crippen molar-refractivity contribution in [3.8, 4) is 0 Å². The van der Waals surface area contributed by atoms with Gasteiger partial charge < -0.3 is 5.11 Å². The fraction of sp³-hybridized carbons (Fsp3) is 0.833. The average molecular weight is 294 g/mol.